The van der Waals surface area contributed by atoms with E-state index in [0.717, 1.165) is 11.1 Å². The molecule has 6 heteroatoms. The highest BCUT2D eigenvalue weighted by atomic mass is 16.5. The number of aryl methyl sites for hydroxylation is 1. The number of benzene rings is 1. The van der Waals surface area contributed by atoms with E-state index in [1.54, 1.807) is 0 Å². The number of nitrogens with zero attached hydrogens (tertiary/aromatic N) is 3. The van der Waals surface area contributed by atoms with E-state index >= 15 is 0 Å². The minimum absolute atomic E-state index is 0.0772. The molecule has 0 fully saturated rings. The van der Waals surface area contributed by atoms with E-state index < -0.39 is 5.41 Å². The molecule has 0 aliphatic heterocycles. The summed E-state index contributed by atoms with van der Waals surface area (Å²) in [6, 6.07) is 7.93. The first kappa shape index (κ1) is 16.6. The largest absolute Gasteiger partial charge is 0.396 e. The van der Waals surface area contributed by atoms with Crippen LogP contribution < -0.4 is 0 Å². The van der Waals surface area contributed by atoms with Crippen LogP contribution in [0.15, 0.2) is 28.8 Å². The molecule has 0 aliphatic carbocycles. The quantitative estimate of drug-likeness (QED) is 0.806. The summed E-state index contributed by atoms with van der Waals surface area (Å²) in [4.78, 5) is 6.34. The lowest BCUT2D eigenvalue weighted by Gasteiger charge is -2.29. The predicted molar refractivity (Wildman–Crippen MR) is 83.1 cm³/mol. The van der Waals surface area contributed by atoms with Crippen LogP contribution in [0.25, 0.3) is 11.4 Å². The Morgan fingerprint density at radius 1 is 1.27 bits per heavy atom. The summed E-state index contributed by atoms with van der Waals surface area (Å²) in [6.07, 6.45) is 0. The van der Waals surface area contributed by atoms with E-state index in [4.69, 9.17) is 4.52 Å². The smallest absolute Gasteiger partial charge is 0.241 e. The van der Waals surface area contributed by atoms with Crippen LogP contribution in [0.2, 0.25) is 0 Å². The van der Waals surface area contributed by atoms with Crippen molar-refractivity contribution in [2.75, 3.05) is 26.8 Å². The molecule has 2 aromatic rings. The second-order valence-electron chi connectivity index (χ2n) is 6.18. The van der Waals surface area contributed by atoms with Crippen LogP contribution in [-0.4, -0.2) is 52.1 Å². The summed E-state index contributed by atoms with van der Waals surface area (Å²) < 4.78 is 5.28. The first-order valence-corrected chi connectivity index (χ1v) is 7.26. The Hall–Kier alpha value is -1.76. The van der Waals surface area contributed by atoms with E-state index in [2.05, 4.69) is 10.1 Å². The van der Waals surface area contributed by atoms with E-state index in [-0.39, 0.29) is 13.2 Å². The maximum atomic E-state index is 9.34. The van der Waals surface area contributed by atoms with E-state index in [0.29, 0.717) is 24.8 Å². The van der Waals surface area contributed by atoms with E-state index in [9.17, 15) is 10.2 Å². The third kappa shape index (κ3) is 4.13. The molecule has 6 nitrogen and oxygen atoms in total. The molecule has 0 saturated carbocycles. The van der Waals surface area contributed by atoms with Crippen molar-refractivity contribution in [2.45, 2.75) is 20.4 Å². The summed E-state index contributed by atoms with van der Waals surface area (Å²) in [7, 11) is 1.89. The minimum Gasteiger partial charge on any atom is -0.396 e. The van der Waals surface area contributed by atoms with Gasteiger partial charge in [-0.1, -0.05) is 35.8 Å². The van der Waals surface area contributed by atoms with Gasteiger partial charge in [-0.25, -0.2) is 0 Å². The lowest BCUT2D eigenvalue weighted by atomic mass is 9.92. The summed E-state index contributed by atoms with van der Waals surface area (Å²) in [6.45, 7) is 4.69. The van der Waals surface area contributed by atoms with Gasteiger partial charge in [0, 0.05) is 17.5 Å². The Labute approximate surface area is 130 Å². The molecule has 0 radical (unpaired) electrons. The summed E-state index contributed by atoms with van der Waals surface area (Å²) in [5.41, 5.74) is 1.52. The third-order valence-corrected chi connectivity index (χ3v) is 3.56. The van der Waals surface area contributed by atoms with Crippen LogP contribution in [0.5, 0.6) is 0 Å². The zero-order valence-corrected chi connectivity index (χ0v) is 13.3. The maximum absolute atomic E-state index is 9.34. The Kier molecular flexibility index (Phi) is 5.28. The van der Waals surface area contributed by atoms with Crippen molar-refractivity contribution in [3.63, 3.8) is 0 Å². The van der Waals surface area contributed by atoms with Crippen LogP contribution in [0.4, 0.5) is 0 Å². The molecule has 1 heterocycles. The van der Waals surface area contributed by atoms with Gasteiger partial charge in [0.05, 0.1) is 19.8 Å². The Morgan fingerprint density at radius 3 is 2.64 bits per heavy atom. The zero-order valence-electron chi connectivity index (χ0n) is 13.3. The molecular formula is C16H23N3O3. The zero-order chi connectivity index (χ0) is 16.2. The molecule has 2 rings (SSSR count). The standard InChI is InChI=1S/C16H23N3O3/c1-12-5-4-6-13(7-12)15-17-14(22-18-15)8-19(3)9-16(2,10-20)11-21/h4-7,20-21H,8-11H2,1-3H3. The monoisotopic (exact) mass is 305 g/mol. The fourth-order valence-corrected chi connectivity index (χ4v) is 2.31. The average Bonchev–Trinajstić information content (AvgIpc) is 2.95. The molecule has 0 spiro atoms. The van der Waals surface area contributed by atoms with Crippen LogP contribution >= 0.6 is 0 Å². The van der Waals surface area contributed by atoms with Crippen molar-refractivity contribution in [1.82, 2.24) is 15.0 Å². The molecule has 0 saturated heterocycles. The van der Waals surface area contributed by atoms with Gasteiger partial charge >= 0.3 is 0 Å². The molecule has 2 N–H and O–H groups in total. The molecule has 0 bridgehead atoms. The fraction of sp³-hybridized carbons (Fsp3) is 0.500. The van der Waals surface area contributed by atoms with Crippen molar-refractivity contribution >= 4 is 0 Å². The normalized spacial score (nSPS) is 12.1. The third-order valence-electron chi connectivity index (χ3n) is 3.56. The lowest BCUT2D eigenvalue weighted by Crippen LogP contribution is -2.38. The summed E-state index contributed by atoms with van der Waals surface area (Å²) >= 11 is 0. The number of aliphatic hydroxyl groups excluding tert-OH is 2. The minimum atomic E-state index is -0.547. The maximum Gasteiger partial charge on any atom is 0.241 e. The molecule has 0 aliphatic rings. The molecule has 0 unspecified atom stereocenters. The number of aromatic nitrogens is 2. The summed E-state index contributed by atoms with van der Waals surface area (Å²) in [5.74, 6) is 1.08. The van der Waals surface area contributed by atoms with Gasteiger partial charge in [-0.3, -0.25) is 4.90 Å². The van der Waals surface area contributed by atoms with Gasteiger partial charge in [-0.2, -0.15) is 4.98 Å². The van der Waals surface area contributed by atoms with Gasteiger partial charge in [0.15, 0.2) is 0 Å². The Bertz CT molecular complexity index is 608. The number of hydrogen-bond donors (Lipinski definition) is 2. The lowest BCUT2D eigenvalue weighted by molar-refractivity contribution is 0.0378. The van der Waals surface area contributed by atoms with Gasteiger partial charge in [0.2, 0.25) is 11.7 Å². The van der Waals surface area contributed by atoms with Crippen molar-refractivity contribution in [3.8, 4) is 11.4 Å². The Balaban J connectivity index is 2.03. The van der Waals surface area contributed by atoms with Crippen molar-refractivity contribution in [2.24, 2.45) is 5.41 Å². The molecule has 120 valence electrons. The van der Waals surface area contributed by atoms with Crippen LogP contribution in [-0.2, 0) is 6.54 Å². The highest BCUT2D eigenvalue weighted by Crippen LogP contribution is 2.19. The molecule has 1 aromatic heterocycles. The summed E-state index contributed by atoms with van der Waals surface area (Å²) in [5, 5.41) is 22.7. The number of hydrogen-bond acceptors (Lipinski definition) is 6. The van der Waals surface area contributed by atoms with E-state index in [1.165, 1.54) is 0 Å². The molecule has 0 amide bonds. The van der Waals surface area contributed by atoms with Crippen LogP contribution in [0, 0.1) is 12.3 Å². The highest BCUT2D eigenvalue weighted by molar-refractivity contribution is 5.55. The van der Waals surface area contributed by atoms with Crippen LogP contribution in [0.3, 0.4) is 0 Å². The molecule has 22 heavy (non-hydrogen) atoms. The van der Waals surface area contributed by atoms with Gasteiger partial charge in [-0.05, 0) is 20.0 Å². The van der Waals surface area contributed by atoms with Crippen molar-refractivity contribution in [1.29, 1.82) is 0 Å². The molecular weight excluding hydrogens is 282 g/mol. The number of aliphatic hydroxyl groups is 2. The Morgan fingerprint density at radius 2 is 2.00 bits per heavy atom. The molecule has 1 aromatic carbocycles. The van der Waals surface area contributed by atoms with Gasteiger partial charge in [0.25, 0.3) is 0 Å². The van der Waals surface area contributed by atoms with Gasteiger partial charge < -0.3 is 14.7 Å². The second kappa shape index (κ2) is 7.00. The SMILES string of the molecule is Cc1cccc(-c2noc(CN(C)CC(C)(CO)CO)n2)c1. The highest BCUT2D eigenvalue weighted by Gasteiger charge is 2.25. The predicted octanol–water partition coefficient (Wildman–Crippen LogP) is 1.47. The second-order valence-corrected chi connectivity index (χ2v) is 6.18. The topological polar surface area (TPSA) is 82.6 Å². The number of rotatable bonds is 7. The van der Waals surface area contributed by atoms with Crippen molar-refractivity contribution in [3.05, 3.63) is 35.7 Å². The van der Waals surface area contributed by atoms with Crippen molar-refractivity contribution < 1.29 is 14.7 Å². The molecule has 0 atom stereocenters. The first-order chi connectivity index (χ1) is 10.5. The van der Waals surface area contributed by atoms with Crippen LogP contribution in [0.1, 0.15) is 18.4 Å². The van der Waals surface area contributed by atoms with E-state index in [1.807, 2.05) is 50.1 Å². The van der Waals surface area contributed by atoms with Gasteiger partial charge in [-0.15, -0.1) is 0 Å². The fourth-order valence-electron chi connectivity index (χ4n) is 2.31. The van der Waals surface area contributed by atoms with Gasteiger partial charge in [0.1, 0.15) is 0 Å². The average molecular weight is 305 g/mol. The first-order valence-electron chi connectivity index (χ1n) is 7.26.